The van der Waals surface area contributed by atoms with Crippen LogP contribution in [0.3, 0.4) is 0 Å². The lowest BCUT2D eigenvalue weighted by Gasteiger charge is -2.15. The van der Waals surface area contributed by atoms with Gasteiger partial charge in [-0.3, -0.25) is 4.99 Å². The van der Waals surface area contributed by atoms with Crippen LogP contribution >= 0.6 is 24.0 Å². The first-order chi connectivity index (χ1) is 13.7. The molecule has 0 atom stereocenters. The highest BCUT2D eigenvalue weighted by Crippen LogP contribution is 2.29. The Kier molecular flexibility index (Phi) is 9.30. The van der Waals surface area contributed by atoms with Crippen molar-refractivity contribution >= 4 is 29.9 Å². The largest absolute Gasteiger partial charge is 0.497 e. The molecule has 1 fully saturated rings. The molecule has 1 saturated carbocycles. The number of aromatic nitrogens is 1. The third-order valence-electron chi connectivity index (χ3n) is 4.59. The quantitative estimate of drug-likeness (QED) is 0.305. The number of hydrogen-bond donors (Lipinski definition) is 2. The van der Waals surface area contributed by atoms with Crippen LogP contribution in [0.5, 0.6) is 17.4 Å². The standard InChI is InChI=1S/C21H28N4O3.HI/c1-22-21(25-13-17-6-7-18(26-2)11-19(17)27-3)24-12-16-8-9-23-20(10-16)28-14-15-4-5-15;/h6-11,15H,4-5,12-14H2,1-3H3,(H2,22,24,25);1H. The van der Waals surface area contributed by atoms with Gasteiger partial charge in [-0.05, 0) is 42.5 Å². The van der Waals surface area contributed by atoms with Gasteiger partial charge in [0, 0.05) is 44.0 Å². The lowest BCUT2D eigenvalue weighted by atomic mass is 10.2. The number of hydrogen-bond acceptors (Lipinski definition) is 5. The molecule has 0 aliphatic heterocycles. The third-order valence-corrected chi connectivity index (χ3v) is 4.59. The first-order valence-electron chi connectivity index (χ1n) is 9.45. The zero-order chi connectivity index (χ0) is 19.8. The van der Waals surface area contributed by atoms with Gasteiger partial charge in [-0.1, -0.05) is 0 Å². The minimum atomic E-state index is 0. The number of guanidine groups is 1. The molecule has 1 aliphatic rings. The minimum absolute atomic E-state index is 0. The van der Waals surface area contributed by atoms with Crippen LogP contribution in [-0.4, -0.2) is 38.8 Å². The van der Waals surface area contributed by atoms with Gasteiger partial charge in [-0.25, -0.2) is 4.98 Å². The minimum Gasteiger partial charge on any atom is -0.497 e. The highest BCUT2D eigenvalue weighted by atomic mass is 127. The van der Waals surface area contributed by atoms with E-state index >= 15 is 0 Å². The second-order valence-electron chi connectivity index (χ2n) is 6.71. The summed E-state index contributed by atoms with van der Waals surface area (Å²) in [6.07, 6.45) is 4.31. The summed E-state index contributed by atoms with van der Waals surface area (Å²) in [5, 5.41) is 6.61. The average molecular weight is 512 g/mol. The van der Waals surface area contributed by atoms with E-state index in [4.69, 9.17) is 14.2 Å². The molecule has 158 valence electrons. The predicted molar refractivity (Wildman–Crippen MR) is 124 cm³/mol. The number of aliphatic imine (C=N–C) groups is 1. The van der Waals surface area contributed by atoms with Crippen molar-refractivity contribution in [2.45, 2.75) is 25.9 Å². The Hall–Kier alpha value is -2.23. The maximum Gasteiger partial charge on any atom is 0.213 e. The van der Waals surface area contributed by atoms with E-state index in [0.717, 1.165) is 29.2 Å². The molecule has 1 aromatic carbocycles. The van der Waals surface area contributed by atoms with Gasteiger partial charge in [0.1, 0.15) is 11.5 Å². The molecular weight excluding hydrogens is 483 g/mol. The van der Waals surface area contributed by atoms with E-state index in [0.29, 0.717) is 30.8 Å². The zero-order valence-corrected chi connectivity index (χ0v) is 19.4. The first-order valence-corrected chi connectivity index (χ1v) is 9.45. The van der Waals surface area contributed by atoms with E-state index in [1.54, 1.807) is 27.5 Å². The summed E-state index contributed by atoms with van der Waals surface area (Å²) in [4.78, 5) is 8.56. The summed E-state index contributed by atoms with van der Waals surface area (Å²) in [7, 11) is 5.04. The summed E-state index contributed by atoms with van der Waals surface area (Å²) in [6.45, 7) is 1.97. The van der Waals surface area contributed by atoms with Crippen molar-refractivity contribution in [2.24, 2.45) is 10.9 Å². The van der Waals surface area contributed by atoms with Gasteiger partial charge in [0.2, 0.25) is 5.88 Å². The molecular formula is C21H29IN4O3. The summed E-state index contributed by atoms with van der Waals surface area (Å²) in [5.41, 5.74) is 2.11. The molecule has 1 aliphatic carbocycles. The van der Waals surface area contributed by atoms with Gasteiger partial charge < -0.3 is 24.8 Å². The van der Waals surface area contributed by atoms with Gasteiger partial charge in [-0.15, -0.1) is 24.0 Å². The van der Waals surface area contributed by atoms with Crippen LogP contribution in [-0.2, 0) is 13.1 Å². The molecule has 3 rings (SSSR count). The molecule has 0 unspecified atom stereocenters. The van der Waals surface area contributed by atoms with Crippen molar-refractivity contribution in [1.29, 1.82) is 0 Å². The lowest BCUT2D eigenvalue weighted by Crippen LogP contribution is -2.36. The van der Waals surface area contributed by atoms with Gasteiger partial charge in [0.15, 0.2) is 5.96 Å². The van der Waals surface area contributed by atoms with Crippen molar-refractivity contribution in [2.75, 3.05) is 27.9 Å². The van der Waals surface area contributed by atoms with Gasteiger partial charge >= 0.3 is 0 Å². The third kappa shape index (κ3) is 7.26. The van der Waals surface area contributed by atoms with Gasteiger partial charge in [0.25, 0.3) is 0 Å². The summed E-state index contributed by atoms with van der Waals surface area (Å²) in [5.74, 6) is 3.63. The molecule has 1 aromatic heterocycles. The maximum atomic E-state index is 5.74. The Morgan fingerprint density at radius 3 is 2.59 bits per heavy atom. The molecule has 0 bridgehead atoms. The van der Waals surface area contributed by atoms with E-state index in [2.05, 4.69) is 20.6 Å². The Bertz CT molecular complexity index is 812. The van der Waals surface area contributed by atoms with Crippen molar-refractivity contribution in [3.63, 3.8) is 0 Å². The normalized spacial score (nSPS) is 13.3. The maximum absolute atomic E-state index is 5.74. The van der Waals surface area contributed by atoms with Crippen molar-refractivity contribution in [3.8, 4) is 17.4 Å². The van der Waals surface area contributed by atoms with Gasteiger partial charge in [-0.2, -0.15) is 0 Å². The fraction of sp³-hybridized carbons (Fsp3) is 0.429. The molecule has 29 heavy (non-hydrogen) atoms. The predicted octanol–water partition coefficient (Wildman–Crippen LogP) is 3.37. The van der Waals surface area contributed by atoms with Crippen LogP contribution in [0.25, 0.3) is 0 Å². The second-order valence-corrected chi connectivity index (χ2v) is 6.71. The fourth-order valence-electron chi connectivity index (χ4n) is 2.71. The first kappa shape index (κ1) is 23.1. The number of nitrogens with one attached hydrogen (secondary N) is 2. The molecule has 2 N–H and O–H groups in total. The lowest BCUT2D eigenvalue weighted by molar-refractivity contribution is 0.288. The van der Waals surface area contributed by atoms with E-state index in [-0.39, 0.29) is 24.0 Å². The highest BCUT2D eigenvalue weighted by Gasteiger charge is 2.22. The zero-order valence-electron chi connectivity index (χ0n) is 17.1. The fourth-order valence-corrected chi connectivity index (χ4v) is 2.71. The van der Waals surface area contributed by atoms with Crippen LogP contribution in [0.15, 0.2) is 41.5 Å². The number of halogens is 1. The molecule has 7 nitrogen and oxygen atoms in total. The number of ether oxygens (including phenoxy) is 3. The summed E-state index contributed by atoms with van der Waals surface area (Å²) < 4.78 is 16.4. The van der Waals surface area contributed by atoms with Crippen LogP contribution < -0.4 is 24.8 Å². The number of pyridine rings is 1. The molecule has 1 heterocycles. The van der Waals surface area contributed by atoms with Crippen molar-refractivity contribution in [1.82, 2.24) is 15.6 Å². The number of nitrogens with zero attached hydrogens (tertiary/aromatic N) is 2. The topological polar surface area (TPSA) is 77.0 Å². The SMILES string of the molecule is CN=C(NCc1ccnc(OCC2CC2)c1)NCc1ccc(OC)cc1OC.I. The monoisotopic (exact) mass is 512 g/mol. The number of rotatable bonds is 9. The van der Waals surface area contributed by atoms with E-state index in [1.807, 2.05) is 30.3 Å². The Morgan fingerprint density at radius 1 is 1.10 bits per heavy atom. The van der Waals surface area contributed by atoms with Crippen LogP contribution in [0.1, 0.15) is 24.0 Å². The van der Waals surface area contributed by atoms with E-state index in [1.165, 1.54) is 12.8 Å². The average Bonchev–Trinajstić information content (AvgIpc) is 3.57. The number of benzene rings is 1. The summed E-state index contributed by atoms with van der Waals surface area (Å²) in [6, 6.07) is 9.69. The molecule has 0 spiro atoms. The van der Waals surface area contributed by atoms with Crippen LogP contribution in [0, 0.1) is 5.92 Å². The Labute approximate surface area is 189 Å². The molecule has 2 aromatic rings. The molecule has 0 amide bonds. The van der Waals surface area contributed by atoms with E-state index < -0.39 is 0 Å². The second kappa shape index (κ2) is 11.7. The summed E-state index contributed by atoms with van der Waals surface area (Å²) >= 11 is 0. The van der Waals surface area contributed by atoms with Crippen LogP contribution in [0.2, 0.25) is 0 Å². The molecule has 0 saturated heterocycles. The number of methoxy groups -OCH3 is 2. The highest BCUT2D eigenvalue weighted by molar-refractivity contribution is 14.0. The van der Waals surface area contributed by atoms with Crippen molar-refractivity contribution in [3.05, 3.63) is 47.7 Å². The van der Waals surface area contributed by atoms with Crippen molar-refractivity contribution < 1.29 is 14.2 Å². The van der Waals surface area contributed by atoms with E-state index in [9.17, 15) is 0 Å². The molecule has 8 heteroatoms. The Balaban J connectivity index is 0.00000300. The Morgan fingerprint density at radius 2 is 1.90 bits per heavy atom. The molecule has 0 radical (unpaired) electrons. The smallest absolute Gasteiger partial charge is 0.213 e. The van der Waals surface area contributed by atoms with Crippen LogP contribution in [0.4, 0.5) is 0 Å². The van der Waals surface area contributed by atoms with Gasteiger partial charge in [0.05, 0.1) is 20.8 Å².